The molecular weight excluding hydrogens is 303 g/mol. The van der Waals surface area contributed by atoms with E-state index in [0.717, 1.165) is 5.56 Å². The minimum atomic E-state index is -3.58. The molecule has 0 amide bonds. The van der Waals surface area contributed by atoms with E-state index in [1.54, 1.807) is 31.2 Å². The topological polar surface area (TPSA) is 103 Å². The summed E-state index contributed by atoms with van der Waals surface area (Å²) in [6.07, 6.45) is 1.33. The number of nitrogen functional groups attached to an aromatic ring is 1. The molecule has 22 heavy (non-hydrogen) atoms. The Kier molecular flexibility index (Phi) is 3.68. The zero-order valence-corrected chi connectivity index (χ0v) is 12.8. The van der Waals surface area contributed by atoms with Crippen molar-refractivity contribution in [2.45, 2.75) is 24.3 Å². The van der Waals surface area contributed by atoms with E-state index in [2.05, 4.69) is 4.98 Å². The van der Waals surface area contributed by atoms with Gasteiger partial charge in [0.15, 0.2) is 14.9 Å². The Morgan fingerprint density at radius 3 is 2.91 bits per heavy atom. The van der Waals surface area contributed by atoms with Crippen molar-refractivity contribution in [3.8, 4) is 0 Å². The molecule has 0 fully saturated rings. The molecule has 6 nitrogen and oxygen atoms in total. The Hall–Kier alpha value is -1.90. The summed E-state index contributed by atoms with van der Waals surface area (Å²) < 4.78 is 30.1. The molecule has 2 aromatic rings. The van der Waals surface area contributed by atoms with Gasteiger partial charge in [0.25, 0.3) is 0 Å². The summed E-state index contributed by atoms with van der Waals surface area (Å²) in [7, 11) is -4.58. The van der Waals surface area contributed by atoms with Crippen LogP contribution in [0, 0.1) is 6.92 Å². The number of nitrogens with two attached hydrogens (primary N) is 1. The van der Waals surface area contributed by atoms with E-state index in [1.165, 1.54) is 6.20 Å². The summed E-state index contributed by atoms with van der Waals surface area (Å²) in [6, 6.07) is 6.75. The van der Waals surface area contributed by atoms with Crippen LogP contribution >= 0.6 is 0 Å². The monoisotopic (exact) mass is 318 g/mol. The van der Waals surface area contributed by atoms with Gasteiger partial charge in [0.2, 0.25) is 0 Å². The summed E-state index contributed by atoms with van der Waals surface area (Å²) in [5.74, 6) is -0.190. The fourth-order valence-electron chi connectivity index (χ4n) is 2.55. The zero-order valence-electron chi connectivity index (χ0n) is 12.0. The Labute approximate surface area is 129 Å². The number of rotatable bonds is 3. The maximum absolute atomic E-state index is 12.5. The molecular formula is C14H15BN2O4S. The highest BCUT2D eigenvalue weighted by Crippen LogP contribution is 2.20. The summed E-state index contributed by atoms with van der Waals surface area (Å²) in [5, 5.41) is 9.72. The second-order valence-electron chi connectivity index (χ2n) is 5.35. The highest BCUT2D eigenvalue weighted by molar-refractivity contribution is 7.90. The average Bonchev–Trinajstić information content (AvgIpc) is 2.79. The first-order valence-electron chi connectivity index (χ1n) is 6.73. The van der Waals surface area contributed by atoms with E-state index in [0.29, 0.717) is 28.9 Å². The lowest BCUT2D eigenvalue weighted by Crippen LogP contribution is -2.28. The Bertz CT molecular complexity index is 839. The van der Waals surface area contributed by atoms with Gasteiger partial charge in [0.05, 0.1) is 24.2 Å². The van der Waals surface area contributed by atoms with Crippen molar-refractivity contribution in [1.82, 2.24) is 4.98 Å². The van der Waals surface area contributed by atoms with Gasteiger partial charge in [0.1, 0.15) is 0 Å². The van der Waals surface area contributed by atoms with Crippen LogP contribution in [0.2, 0.25) is 0 Å². The van der Waals surface area contributed by atoms with Gasteiger partial charge in [-0.25, -0.2) is 13.4 Å². The van der Waals surface area contributed by atoms with Crippen molar-refractivity contribution in [1.29, 1.82) is 0 Å². The normalized spacial score (nSPS) is 14.2. The molecule has 8 heteroatoms. The zero-order chi connectivity index (χ0) is 15.9. The van der Waals surface area contributed by atoms with Crippen LogP contribution in [0.3, 0.4) is 0 Å². The van der Waals surface area contributed by atoms with Crippen LogP contribution in [0.15, 0.2) is 35.5 Å². The van der Waals surface area contributed by atoms with Crippen LogP contribution in [0.4, 0.5) is 5.69 Å². The molecule has 3 rings (SSSR count). The van der Waals surface area contributed by atoms with Gasteiger partial charge >= 0.3 is 7.12 Å². The third kappa shape index (κ3) is 2.72. The van der Waals surface area contributed by atoms with Crippen molar-refractivity contribution in [3.05, 3.63) is 47.2 Å². The summed E-state index contributed by atoms with van der Waals surface area (Å²) in [6.45, 7) is 2.00. The second kappa shape index (κ2) is 5.38. The van der Waals surface area contributed by atoms with Gasteiger partial charge in [-0.2, -0.15) is 0 Å². The smallest absolute Gasteiger partial charge is 0.423 e. The molecule has 0 unspecified atom stereocenters. The van der Waals surface area contributed by atoms with Crippen molar-refractivity contribution < 1.29 is 18.1 Å². The van der Waals surface area contributed by atoms with E-state index < -0.39 is 17.0 Å². The SMILES string of the molecule is Cc1cc(N)cnc1S(=O)(=O)Cc1ccc2c(c1)B(O)OC2. The lowest BCUT2D eigenvalue weighted by atomic mass is 9.79. The number of fused-ring (bicyclic) bond motifs is 1. The predicted molar refractivity (Wildman–Crippen MR) is 83.1 cm³/mol. The first kappa shape index (κ1) is 15.0. The number of hydrogen-bond donors (Lipinski definition) is 2. The van der Waals surface area contributed by atoms with Gasteiger partial charge in [0, 0.05) is 0 Å². The molecule has 3 N–H and O–H groups in total. The quantitative estimate of drug-likeness (QED) is 0.782. The van der Waals surface area contributed by atoms with Gasteiger partial charge in [-0.15, -0.1) is 0 Å². The van der Waals surface area contributed by atoms with Crippen LogP contribution in [0.1, 0.15) is 16.7 Å². The highest BCUT2D eigenvalue weighted by atomic mass is 32.2. The molecule has 1 aromatic carbocycles. The fraction of sp³-hybridized carbons (Fsp3) is 0.214. The Balaban J connectivity index is 1.93. The van der Waals surface area contributed by atoms with Gasteiger partial charge in [-0.1, -0.05) is 18.2 Å². The van der Waals surface area contributed by atoms with Gasteiger partial charge < -0.3 is 15.4 Å². The molecule has 0 saturated heterocycles. The molecule has 2 heterocycles. The van der Waals surface area contributed by atoms with E-state index in [4.69, 9.17) is 10.4 Å². The minimum Gasteiger partial charge on any atom is -0.423 e. The van der Waals surface area contributed by atoms with E-state index in [-0.39, 0.29) is 10.8 Å². The Morgan fingerprint density at radius 2 is 2.18 bits per heavy atom. The highest BCUT2D eigenvalue weighted by Gasteiger charge is 2.28. The third-order valence-electron chi connectivity index (χ3n) is 3.58. The predicted octanol–water partition coefficient (Wildman–Crippen LogP) is 0.164. The second-order valence-corrected chi connectivity index (χ2v) is 7.25. The Morgan fingerprint density at radius 1 is 1.41 bits per heavy atom. The van der Waals surface area contributed by atoms with E-state index in [9.17, 15) is 13.4 Å². The van der Waals surface area contributed by atoms with Crippen molar-refractivity contribution >= 4 is 28.1 Å². The molecule has 0 radical (unpaired) electrons. The molecule has 0 saturated carbocycles. The lowest BCUT2D eigenvalue weighted by molar-refractivity contribution is 0.275. The van der Waals surface area contributed by atoms with Crippen LogP contribution in [-0.2, 0) is 26.9 Å². The number of benzene rings is 1. The summed E-state index contributed by atoms with van der Waals surface area (Å²) in [5.41, 5.74) is 8.62. The minimum absolute atomic E-state index is 0.0268. The molecule has 1 aromatic heterocycles. The summed E-state index contributed by atoms with van der Waals surface area (Å²) >= 11 is 0. The molecule has 0 bridgehead atoms. The maximum Gasteiger partial charge on any atom is 0.491 e. The lowest BCUT2D eigenvalue weighted by Gasteiger charge is -2.08. The van der Waals surface area contributed by atoms with Crippen LogP contribution < -0.4 is 11.2 Å². The van der Waals surface area contributed by atoms with Crippen LogP contribution in [-0.4, -0.2) is 25.5 Å². The number of pyridine rings is 1. The number of aromatic nitrogens is 1. The fourth-order valence-corrected chi connectivity index (χ4v) is 4.07. The maximum atomic E-state index is 12.5. The number of aryl methyl sites for hydroxylation is 1. The van der Waals surface area contributed by atoms with Crippen molar-refractivity contribution in [2.75, 3.05) is 5.73 Å². The van der Waals surface area contributed by atoms with Gasteiger partial charge in [-0.3, -0.25) is 0 Å². The summed E-state index contributed by atoms with van der Waals surface area (Å²) in [4.78, 5) is 3.95. The average molecular weight is 318 g/mol. The molecule has 114 valence electrons. The van der Waals surface area contributed by atoms with E-state index >= 15 is 0 Å². The third-order valence-corrected chi connectivity index (χ3v) is 5.31. The molecule has 1 aliphatic heterocycles. The first-order valence-corrected chi connectivity index (χ1v) is 8.38. The number of nitrogens with zero attached hydrogens (tertiary/aromatic N) is 1. The van der Waals surface area contributed by atoms with Crippen LogP contribution in [0.25, 0.3) is 0 Å². The standard InChI is InChI=1S/C14H15BN2O4S/c1-9-4-12(16)6-17-14(9)22(19,20)8-10-2-3-11-7-21-15(18)13(11)5-10/h2-6,18H,7-8,16H2,1H3. The molecule has 0 atom stereocenters. The number of anilines is 1. The van der Waals surface area contributed by atoms with Crippen molar-refractivity contribution in [2.24, 2.45) is 0 Å². The van der Waals surface area contributed by atoms with E-state index in [1.807, 2.05) is 0 Å². The van der Waals surface area contributed by atoms with Crippen LogP contribution in [0.5, 0.6) is 0 Å². The van der Waals surface area contributed by atoms with Crippen molar-refractivity contribution in [3.63, 3.8) is 0 Å². The molecule has 1 aliphatic rings. The molecule has 0 aliphatic carbocycles. The molecule has 0 spiro atoms. The first-order chi connectivity index (χ1) is 10.4. The van der Waals surface area contributed by atoms with Gasteiger partial charge in [-0.05, 0) is 35.1 Å². The largest absolute Gasteiger partial charge is 0.491 e. The number of hydrogen-bond acceptors (Lipinski definition) is 6. The number of sulfone groups is 1.